The normalized spacial score (nSPS) is 11.0. The van der Waals surface area contributed by atoms with Gasteiger partial charge in [0.05, 0.1) is 5.69 Å². The van der Waals surface area contributed by atoms with E-state index in [-0.39, 0.29) is 11.4 Å². The summed E-state index contributed by atoms with van der Waals surface area (Å²) in [7, 11) is 1.72. The third-order valence-corrected chi connectivity index (χ3v) is 3.79. The van der Waals surface area contributed by atoms with Gasteiger partial charge in [-0.3, -0.25) is 14.0 Å². The number of benzene rings is 1. The van der Waals surface area contributed by atoms with Crippen LogP contribution >= 0.6 is 0 Å². The van der Waals surface area contributed by atoms with Gasteiger partial charge in [0.1, 0.15) is 11.3 Å². The highest BCUT2D eigenvalue weighted by atomic mass is 19.1. The maximum Gasteiger partial charge on any atom is 0.281 e. The summed E-state index contributed by atoms with van der Waals surface area (Å²) in [6, 6.07) is 6.17. The minimum atomic E-state index is -0.284. The van der Waals surface area contributed by atoms with Gasteiger partial charge in [-0.2, -0.15) is 5.10 Å². The number of nitrogens with zero attached hydrogens (tertiary/aromatic N) is 4. The predicted octanol–water partition coefficient (Wildman–Crippen LogP) is 2.38. The van der Waals surface area contributed by atoms with Crippen molar-refractivity contribution in [1.82, 2.24) is 19.3 Å². The number of aromatic nitrogens is 4. The Balaban J connectivity index is 2.03. The van der Waals surface area contributed by atoms with E-state index in [1.807, 2.05) is 6.92 Å². The Labute approximate surface area is 138 Å². The van der Waals surface area contributed by atoms with Gasteiger partial charge in [0, 0.05) is 20.1 Å². The quantitative estimate of drug-likeness (QED) is 0.731. The molecule has 0 saturated carbocycles. The molecule has 0 unspecified atom stereocenters. The summed E-state index contributed by atoms with van der Waals surface area (Å²) in [6.45, 7) is 6.27. The number of nitrogens with one attached hydrogen (secondary N) is 1. The summed E-state index contributed by atoms with van der Waals surface area (Å²) >= 11 is 0. The van der Waals surface area contributed by atoms with Crippen LogP contribution in [-0.2, 0) is 20.1 Å². The minimum absolute atomic E-state index is 0.176. The highest BCUT2D eigenvalue weighted by molar-refractivity contribution is 5.77. The summed E-state index contributed by atoms with van der Waals surface area (Å²) in [5, 5.41) is 7.41. The predicted molar refractivity (Wildman–Crippen MR) is 91.4 cm³/mol. The second-order valence-electron chi connectivity index (χ2n) is 5.53. The van der Waals surface area contributed by atoms with Gasteiger partial charge in [-0.15, -0.1) is 6.58 Å². The first-order valence-corrected chi connectivity index (χ1v) is 7.54. The lowest BCUT2D eigenvalue weighted by Gasteiger charge is -2.13. The van der Waals surface area contributed by atoms with E-state index >= 15 is 0 Å². The zero-order valence-electron chi connectivity index (χ0n) is 13.6. The molecule has 124 valence electrons. The van der Waals surface area contributed by atoms with Crippen molar-refractivity contribution in [1.29, 1.82) is 0 Å². The highest BCUT2D eigenvalue weighted by Crippen LogP contribution is 2.15. The van der Waals surface area contributed by atoms with Gasteiger partial charge in [-0.1, -0.05) is 18.2 Å². The fraction of sp³-hybridized carbons (Fsp3) is 0.235. The monoisotopic (exact) mass is 327 g/mol. The van der Waals surface area contributed by atoms with Crippen LogP contribution in [0.25, 0.3) is 11.0 Å². The third-order valence-electron chi connectivity index (χ3n) is 3.79. The topological polar surface area (TPSA) is 64.7 Å². The first-order chi connectivity index (χ1) is 11.5. The van der Waals surface area contributed by atoms with E-state index in [0.717, 1.165) is 5.56 Å². The Morgan fingerprint density at radius 1 is 1.33 bits per heavy atom. The van der Waals surface area contributed by atoms with Crippen LogP contribution in [0.1, 0.15) is 11.3 Å². The average molecular weight is 327 g/mol. The van der Waals surface area contributed by atoms with Gasteiger partial charge in [-0.05, 0) is 24.6 Å². The molecular formula is C17H18FN5O. The van der Waals surface area contributed by atoms with E-state index in [2.05, 4.69) is 22.0 Å². The van der Waals surface area contributed by atoms with Crippen LogP contribution in [0.4, 0.5) is 10.3 Å². The molecule has 0 atom stereocenters. The van der Waals surface area contributed by atoms with Crippen molar-refractivity contribution in [3.63, 3.8) is 0 Å². The summed E-state index contributed by atoms with van der Waals surface area (Å²) in [4.78, 5) is 17.3. The molecule has 0 spiro atoms. The van der Waals surface area contributed by atoms with Crippen molar-refractivity contribution < 1.29 is 4.39 Å². The number of aryl methyl sites for hydroxylation is 2. The SMILES string of the molecule is C=CCn1c(NCc2ccc(F)cc2)nc2c(C)nn(C)c2c1=O. The lowest BCUT2D eigenvalue weighted by Crippen LogP contribution is -2.25. The van der Waals surface area contributed by atoms with Crippen LogP contribution in [0.5, 0.6) is 0 Å². The standard InChI is InChI=1S/C17H18FN5O/c1-4-9-23-16(24)15-14(11(2)21-22(15)3)20-17(23)19-10-12-5-7-13(18)8-6-12/h4-8H,1,9-10H2,2-3H3,(H,19,20). The first-order valence-electron chi connectivity index (χ1n) is 7.54. The molecule has 6 nitrogen and oxygen atoms in total. The molecule has 3 aromatic rings. The van der Waals surface area contributed by atoms with E-state index < -0.39 is 0 Å². The van der Waals surface area contributed by atoms with Crippen LogP contribution in [0.15, 0.2) is 41.7 Å². The van der Waals surface area contributed by atoms with Crippen molar-refractivity contribution in [2.24, 2.45) is 7.05 Å². The average Bonchev–Trinajstić information content (AvgIpc) is 2.84. The molecule has 0 bridgehead atoms. The van der Waals surface area contributed by atoms with E-state index in [4.69, 9.17) is 0 Å². The minimum Gasteiger partial charge on any atom is -0.351 e. The Hall–Kier alpha value is -2.96. The van der Waals surface area contributed by atoms with Gasteiger partial charge in [-0.25, -0.2) is 9.37 Å². The molecule has 0 amide bonds. The summed E-state index contributed by atoms with van der Waals surface area (Å²) in [6.07, 6.45) is 1.64. The lowest BCUT2D eigenvalue weighted by molar-refractivity contribution is 0.627. The van der Waals surface area contributed by atoms with Crippen molar-refractivity contribution in [3.05, 3.63) is 64.3 Å². The molecule has 0 saturated heterocycles. The molecule has 0 aliphatic heterocycles. The molecule has 0 radical (unpaired) electrons. The zero-order valence-corrected chi connectivity index (χ0v) is 13.6. The van der Waals surface area contributed by atoms with E-state index in [0.29, 0.717) is 35.8 Å². The van der Waals surface area contributed by atoms with E-state index in [9.17, 15) is 9.18 Å². The highest BCUT2D eigenvalue weighted by Gasteiger charge is 2.16. The Bertz CT molecular complexity index is 956. The Morgan fingerprint density at radius 3 is 2.71 bits per heavy atom. The van der Waals surface area contributed by atoms with E-state index in [1.165, 1.54) is 16.7 Å². The Morgan fingerprint density at radius 2 is 2.04 bits per heavy atom. The summed E-state index contributed by atoms with van der Waals surface area (Å²) in [5.74, 6) is 0.153. The van der Waals surface area contributed by atoms with Crippen LogP contribution < -0.4 is 10.9 Å². The zero-order chi connectivity index (χ0) is 17.3. The van der Waals surface area contributed by atoms with Gasteiger partial charge in [0.2, 0.25) is 5.95 Å². The smallest absolute Gasteiger partial charge is 0.281 e. The number of hydrogen-bond donors (Lipinski definition) is 1. The number of allylic oxidation sites excluding steroid dienone is 1. The molecule has 1 N–H and O–H groups in total. The Kier molecular flexibility index (Phi) is 4.16. The number of rotatable bonds is 5. The number of halogens is 1. The van der Waals surface area contributed by atoms with Crippen LogP contribution in [0.2, 0.25) is 0 Å². The lowest BCUT2D eigenvalue weighted by atomic mass is 10.2. The molecule has 7 heteroatoms. The summed E-state index contributed by atoms with van der Waals surface area (Å²) < 4.78 is 16.0. The molecule has 24 heavy (non-hydrogen) atoms. The molecule has 0 fully saturated rings. The molecule has 3 rings (SSSR count). The maximum absolute atomic E-state index is 13.0. The number of anilines is 1. The molecule has 1 aromatic carbocycles. The van der Waals surface area contributed by atoms with Gasteiger partial charge >= 0.3 is 0 Å². The largest absolute Gasteiger partial charge is 0.351 e. The molecular weight excluding hydrogens is 309 g/mol. The third kappa shape index (κ3) is 2.80. The number of fused-ring (bicyclic) bond motifs is 1. The van der Waals surface area contributed by atoms with Crippen LogP contribution in [-0.4, -0.2) is 19.3 Å². The van der Waals surface area contributed by atoms with Crippen molar-refractivity contribution in [2.45, 2.75) is 20.0 Å². The molecule has 0 aliphatic rings. The fourth-order valence-corrected chi connectivity index (χ4v) is 2.63. The van der Waals surface area contributed by atoms with Crippen LogP contribution in [0.3, 0.4) is 0 Å². The van der Waals surface area contributed by atoms with Gasteiger partial charge in [0.25, 0.3) is 5.56 Å². The second kappa shape index (κ2) is 6.27. The van der Waals surface area contributed by atoms with Crippen molar-refractivity contribution >= 4 is 17.0 Å². The molecule has 2 aromatic heterocycles. The van der Waals surface area contributed by atoms with Gasteiger partial charge in [0.15, 0.2) is 5.52 Å². The van der Waals surface area contributed by atoms with Gasteiger partial charge < -0.3 is 5.32 Å². The molecule has 0 aliphatic carbocycles. The fourth-order valence-electron chi connectivity index (χ4n) is 2.63. The molecule has 2 heterocycles. The van der Waals surface area contributed by atoms with Crippen molar-refractivity contribution in [3.8, 4) is 0 Å². The van der Waals surface area contributed by atoms with Crippen molar-refractivity contribution in [2.75, 3.05) is 5.32 Å². The van der Waals surface area contributed by atoms with Crippen LogP contribution in [0, 0.1) is 12.7 Å². The summed E-state index contributed by atoms with van der Waals surface area (Å²) in [5.41, 5.74) is 2.44. The maximum atomic E-state index is 13.0. The second-order valence-corrected chi connectivity index (χ2v) is 5.53. The number of hydrogen-bond acceptors (Lipinski definition) is 4. The van der Waals surface area contributed by atoms with E-state index in [1.54, 1.807) is 29.9 Å². The first kappa shape index (κ1) is 15.9.